The van der Waals surface area contributed by atoms with E-state index in [0.717, 1.165) is 19.3 Å². The van der Waals surface area contributed by atoms with Gasteiger partial charge in [0.1, 0.15) is 6.04 Å². The Hall–Kier alpha value is -1.26. The molecule has 2 amide bonds. The lowest BCUT2D eigenvalue weighted by molar-refractivity contribution is -0.141. The number of hydrogen-bond acceptors (Lipinski definition) is 2. The van der Waals surface area contributed by atoms with Gasteiger partial charge in [-0.3, -0.25) is 0 Å². The summed E-state index contributed by atoms with van der Waals surface area (Å²) in [5.41, 5.74) is 0. The standard InChI is InChI=1S/C14H26N2O3/c1-3-4-5-6-8-11(2)15-14(19)16-10-7-9-12(16)13(17)18/h11-12H,3-10H2,1-2H3,(H,15,19)(H,17,18)/t11?,12-/m0/s1. The lowest BCUT2D eigenvalue weighted by Crippen LogP contribution is -2.48. The first kappa shape index (κ1) is 15.8. The van der Waals surface area contributed by atoms with Gasteiger partial charge in [0.05, 0.1) is 0 Å². The van der Waals surface area contributed by atoms with Crippen LogP contribution in [0, 0.1) is 0 Å². The van der Waals surface area contributed by atoms with Gasteiger partial charge in [0.15, 0.2) is 0 Å². The zero-order valence-electron chi connectivity index (χ0n) is 12.0. The Balaban J connectivity index is 2.31. The lowest BCUT2D eigenvalue weighted by Gasteiger charge is -2.24. The number of carboxylic acids is 1. The number of urea groups is 1. The van der Waals surface area contributed by atoms with Gasteiger partial charge in [-0.05, 0) is 26.2 Å². The third kappa shape index (κ3) is 5.09. The van der Waals surface area contributed by atoms with Crippen LogP contribution in [0.5, 0.6) is 0 Å². The minimum absolute atomic E-state index is 0.111. The fourth-order valence-electron chi connectivity index (χ4n) is 2.51. The molecular formula is C14H26N2O3. The second-order valence-electron chi connectivity index (χ2n) is 5.39. The fourth-order valence-corrected chi connectivity index (χ4v) is 2.51. The number of carbonyl (C=O) groups excluding carboxylic acids is 1. The highest BCUT2D eigenvalue weighted by Crippen LogP contribution is 2.17. The van der Waals surface area contributed by atoms with E-state index >= 15 is 0 Å². The number of unbranched alkanes of at least 4 members (excludes halogenated alkanes) is 3. The van der Waals surface area contributed by atoms with Crippen molar-refractivity contribution in [3.63, 3.8) is 0 Å². The summed E-state index contributed by atoms with van der Waals surface area (Å²) in [5, 5.41) is 12.0. The zero-order valence-corrected chi connectivity index (χ0v) is 12.0. The van der Waals surface area contributed by atoms with E-state index in [4.69, 9.17) is 5.11 Å². The van der Waals surface area contributed by atoms with Crippen molar-refractivity contribution in [2.45, 2.75) is 70.9 Å². The van der Waals surface area contributed by atoms with E-state index in [2.05, 4.69) is 12.2 Å². The molecule has 1 saturated heterocycles. The maximum atomic E-state index is 12.0. The second kappa shape index (κ2) is 8.02. The number of rotatable bonds is 7. The third-order valence-electron chi connectivity index (χ3n) is 3.66. The predicted octanol–water partition coefficient (Wildman–Crippen LogP) is 2.60. The highest BCUT2D eigenvalue weighted by Gasteiger charge is 2.34. The number of likely N-dealkylation sites (tertiary alicyclic amines) is 1. The average Bonchev–Trinajstić information content (AvgIpc) is 2.84. The first-order valence-corrected chi connectivity index (χ1v) is 7.36. The van der Waals surface area contributed by atoms with Crippen LogP contribution in [0.2, 0.25) is 0 Å². The number of nitrogens with zero attached hydrogens (tertiary/aromatic N) is 1. The zero-order chi connectivity index (χ0) is 14.3. The molecule has 0 spiro atoms. The molecule has 110 valence electrons. The highest BCUT2D eigenvalue weighted by molar-refractivity contribution is 5.83. The molecule has 19 heavy (non-hydrogen) atoms. The number of carboxylic acid groups (broad SMARTS) is 1. The van der Waals surface area contributed by atoms with Crippen molar-refractivity contribution in [1.82, 2.24) is 10.2 Å². The molecule has 0 aromatic rings. The van der Waals surface area contributed by atoms with Crippen molar-refractivity contribution < 1.29 is 14.7 Å². The van der Waals surface area contributed by atoms with Gasteiger partial charge in [0, 0.05) is 12.6 Å². The van der Waals surface area contributed by atoms with E-state index < -0.39 is 12.0 Å². The Morgan fingerprint density at radius 2 is 2.11 bits per heavy atom. The summed E-state index contributed by atoms with van der Waals surface area (Å²) in [6.07, 6.45) is 7.03. The van der Waals surface area contributed by atoms with Crippen molar-refractivity contribution >= 4 is 12.0 Å². The molecule has 2 atom stereocenters. The van der Waals surface area contributed by atoms with Gasteiger partial charge >= 0.3 is 12.0 Å². The molecule has 5 heteroatoms. The fraction of sp³-hybridized carbons (Fsp3) is 0.857. The number of aliphatic carboxylic acids is 1. The van der Waals surface area contributed by atoms with Gasteiger partial charge in [-0.1, -0.05) is 32.6 Å². The molecule has 0 bridgehead atoms. The minimum Gasteiger partial charge on any atom is -0.480 e. The maximum Gasteiger partial charge on any atom is 0.326 e. The van der Waals surface area contributed by atoms with Gasteiger partial charge in [0.2, 0.25) is 0 Å². The molecule has 1 unspecified atom stereocenters. The molecule has 0 saturated carbocycles. The average molecular weight is 270 g/mol. The van der Waals surface area contributed by atoms with Gasteiger partial charge < -0.3 is 15.3 Å². The molecule has 0 aromatic carbocycles. The van der Waals surface area contributed by atoms with E-state index in [1.807, 2.05) is 6.92 Å². The topological polar surface area (TPSA) is 69.6 Å². The smallest absolute Gasteiger partial charge is 0.326 e. The molecule has 1 aliphatic heterocycles. The maximum absolute atomic E-state index is 12.0. The molecule has 1 fully saturated rings. The highest BCUT2D eigenvalue weighted by atomic mass is 16.4. The van der Waals surface area contributed by atoms with Crippen molar-refractivity contribution in [3.05, 3.63) is 0 Å². The van der Waals surface area contributed by atoms with Crippen LogP contribution in [0.15, 0.2) is 0 Å². The summed E-state index contributed by atoms with van der Waals surface area (Å²) in [7, 11) is 0. The summed E-state index contributed by atoms with van der Waals surface area (Å²) in [4.78, 5) is 24.5. The van der Waals surface area contributed by atoms with Crippen molar-refractivity contribution in [2.75, 3.05) is 6.54 Å². The molecule has 0 radical (unpaired) electrons. The Morgan fingerprint density at radius 3 is 2.74 bits per heavy atom. The van der Waals surface area contributed by atoms with Crippen LogP contribution in [-0.4, -0.2) is 40.6 Å². The second-order valence-corrected chi connectivity index (χ2v) is 5.39. The number of nitrogens with one attached hydrogen (secondary N) is 1. The molecule has 2 N–H and O–H groups in total. The number of amides is 2. The van der Waals surface area contributed by atoms with Crippen molar-refractivity contribution in [1.29, 1.82) is 0 Å². The molecule has 1 heterocycles. The Labute approximate surface area is 115 Å². The quantitative estimate of drug-likeness (QED) is 0.699. The van der Waals surface area contributed by atoms with E-state index in [-0.39, 0.29) is 12.1 Å². The molecule has 5 nitrogen and oxygen atoms in total. The van der Waals surface area contributed by atoms with Crippen LogP contribution < -0.4 is 5.32 Å². The summed E-state index contributed by atoms with van der Waals surface area (Å²) >= 11 is 0. The van der Waals surface area contributed by atoms with Gasteiger partial charge in [0.25, 0.3) is 0 Å². The lowest BCUT2D eigenvalue weighted by atomic mass is 10.1. The summed E-state index contributed by atoms with van der Waals surface area (Å²) < 4.78 is 0. The monoisotopic (exact) mass is 270 g/mol. The molecule has 1 rings (SSSR count). The van der Waals surface area contributed by atoms with E-state index in [1.54, 1.807) is 0 Å². The van der Waals surface area contributed by atoms with Crippen molar-refractivity contribution in [2.24, 2.45) is 0 Å². The van der Waals surface area contributed by atoms with Crippen molar-refractivity contribution in [3.8, 4) is 0 Å². The summed E-state index contributed by atoms with van der Waals surface area (Å²) in [6.45, 7) is 4.70. The SMILES string of the molecule is CCCCCCC(C)NC(=O)N1CCC[C@H]1C(=O)O. The number of hydrogen-bond donors (Lipinski definition) is 2. The molecule has 0 aliphatic carbocycles. The summed E-state index contributed by atoms with van der Waals surface area (Å²) in [6, 6.07) is -0.764. The first-order valence-electron chi connectivity index (χ1n) is 7.36. The van der Waals surface area contributed by atoms with Crippen LogP contribution in [-0.2, 0) is 4.79 Å². The van der Waals surface area contributed by atoms with Crippen LogP contribution in [0.3, 0.4) is 0 Å². The first-order chi connectivity index (χ1) is 9.06. The van der Waals surface area contributed by atoms with Gasteiger partial charge in [-0.15, -0.1) is 0 Å². The predicted molar refractivity (Wildman–Crippen MR) is 74.1 cm³/mol. The summed E-state index contributed by atoms with van der Waals surface area (Å²) in [5.74, 6) is -0.900. The van der Waals surface area contributed by atoms with E-state index in [0.29, 0.717) is 13.0 Å². The molecule has 0 aromatic heterocycles. The molecule has 1 aliphatic rings. The van der Waals surface area contributed by atoms with Gasteiger partial charge in [-0.25, -0.2) is 9.59 Å². The Bertz CT molecular complexity index is 307. The number of carbonyl (C=O) groups is 2. The van der Waals surface area contributed by atoms with E-state index in [1.165, 1.54) is 24.2 Å². The van der Waals surface area contributed by atoms with Crippen LogP contribution in [0.4, 0.5) is 4.79 Å². The minimum atomic E-state index is -0.900. The van der Waals surface area contributed by atoms with Crippen LogP contribution >= 0.6 is 0 Å². The van der Waals surface area contributed by atoms with Crippen LogP contribution in [0.1, 0.15) is 58.8 Å². The Morgan fingerprint density at radius 1 is 1.37 bits per heavy atom. The Kier molecular flexibility index (Phi) is 6.67. The molecular weight excluding hydrogens is 244 g/mol. The van der Waals surface area contributed by atoms with Gasteiger partial charge in [-0.2, -0.15) is 0 Å². The normalized spacial score (nSPS) is 20.3. The van der Waals surface area contributed by atoms with Crippen LogP contribution in [0.25, 0.3) is 0 Å². The largest absolute Gasteiger partial charge is 0.480 e. The third-order valence-corrected chi connectivity index (χ3v) is 3.66. The van der Waals surface area contributed by atoms with E-state index in [9.17, 15) is 9.59 Å².